The lowest BCUT2D eigenvalue weighted by molar-refractivity contribution is 0.133. The van der Waals surface area contributed by atoms with Crippen LogP contribution < -0.4 is 15.2 Å². The van der Waals surface area contributed by atoms with Crippen molar-refractivity contribution in [3.63, 3.8) is 0 Å². The Morgan fingerprint density at radius 3 is 2.15 bits per heavy atom. The van der Waals surface area contributed by atoms with Crippen molar-refractivity contribution in [3.05, 3.63) is 23.8 Å². The topological polar surface area (TPSA) is 64.7 Å². The normalized spacial score (nSPS) is 14.2. The molecule has 0 saturated heterocycles. The summed E-state index contributed by atoms with van der Waals surface area (Å²) >= 11 is 0. The number of aliphatic hydroxyl groups excluding tert-OH is 1. The number of rotatable bonds is 5. The summed E-state index contributed by atoms with van der Waals surface area (Å²) in [6.45, 7) is 6.21. The maximum atomic E-state index is 10.3. The molecule has 0 aliphatic heterocycles. The fourth-order valence-electron chi connectivity index (χ4n) is 1.79. The van der Waals surface area contributed by atoms with Gasteiger partial charge in [-0.3, -0.25) is 0 Å². The third-order valence-corrected chi connectivity index (χ3v) is 3.38. The molecular weight excluding hydrogens is 278 g/mol. The van der Waals surface area contributed by atoms with Gasteiger partial charge >= 0.3 is 0 Å². The van der Waals surface area contributed by atoms with Crippen molar-refractivity contribution in [3.8, 4) is 11.5 Å². The molecule has 0 radical (unpaired) electrons. The van der Waals surface area contributed by atoms with Gasteiger partial charge < -0.3 is 20.3 Å². The molecule has 0 saturated carbocycles. The van der Waals surface area contributed by atoms with E-state index in [-0.39, 0.29) is 23.9 Å². The van der Waals surface area contributed by atoms with Crippen molar-refractivity contribution in [1.82, 2.24) is 0 Å². The lowest BCUT2D eigenvalue weighted by Gasteiger charge is -2.29. The third-order valence-electron chi connectivity index (χ3n) is 3.38. The van der Waals surface area contributed by atoms with Gasteiger partial charge in [0.1, 0.15) is 0 Å². The van der Waals surface area contributed by atoms with Gasteiger partial charge in [-0.2, -0.15) is 0 Å². The zero-order valence-corrected chi connectivity index (χ0v) is 13.7. The number of halogens is 1. The predicted molar refractivity (Wildman–Crippen MR) is 83.8 cm³/mol. The zero-order valence-electron chi connectivity index (χ0n) is 12.8. The van der Waals surface area contributed by atoms with E-state index in [9.17, 15) is 5.11 Å². The molecule has 5 heteroatoms. The second-order valence-corrected chi connectivity index (χ2v) is 5.84. The molecule has 0 unspecified atom stereocenters. The highest BCUT2D eigenvalue weighted by Gasteiger charge is 2.24. The first kappa shape index (κ1) is 19.0. The third kappa shape index (κ3) is 4.85. The number of methoxy groups -OCH3 is 2. The van der Waals surface area contributed by atoms with E-state index < -0.39 is 6.10 Å². The van der Waals surface area contributed by atoms with Gasteiger partial charge in [0.2, 0.25) is 0 Å². The van der Waals surface area contributed by atoms with Gasteiger partial charge in [-0.05, 0) is 29.5 Å². The molecule has 0 aliphatic carbocycles. The molecule has 0 amide bonds. The summed E-state index contributed by atoms with van der Waals surface area (Å²) in [6.07, 6.45) is -0.0899. The Morgan fingerprint density at radius 2 is 1.70 bits per heavy atom. The van der Waals surface area contributed by atoms with Crippen LogP contribution in [0.4, 0.5) is 0 Å². The Kier molecular flexibility index (Phi) is 7.34. The Balaban J connectivity index is 0.00000361. The summed E-state index contributed by atoms with van der Waals surface area (Å²) in [6, 6.07) is 5.34. The monoisotopic (exact) mass is 303 g/mol. The predicted octanol–water partition coefficient (Wildman–Crippen LogP) is 2.92. The van der Waals surface area contributed by atoms with Crippen LogP contribution >= 0.6 is 12.4 Å². The van der Waals surface area contributed by atoms with E-state index in [0.717, 1.165) is 5.56 Å². The zero-order chi connectivity index (χ0) is 14.6. The lowest BCUT2D eigenvalue weighted by atomic mass is 9.83. The summed E-state index contributed by atoms with van der Waals surface area (Å²) in [4.78, 5) is 0. The Hall–Kier alpha value is -0.970. The van der Waals surface area contributed by atoms with Gasteiger partial charge in [-0.1, -0.05) is 26.8 Å². The minimum atomic E-state index is -0.603. The molecule has 0 aromatic heterocycles. The summed E-state index contributed by atoms with van der Waals surface area (Å²) in [7, 11) is 3.17. The van der Waals surface area contributed by atoms with Crippen molar-refractivity contribution >= 4 is 12.4 Å². The van der Waals surface area contributed by atoms with Crippen molar-refractivity contribution in [2.45, 2.75) is 39.3 Å². The summed E-state index contributed by atoms with van der Waals surface area (Å²) in [5, 5.41) is 10.3. The Morgan fingerprint density at radius 1 is 1.15 bits per heavy atom. The Bertz CT molecular complexity index is 418. The summed E-state index contributed by atoms with van der Waals surface area (Å²) in [5.74, 6) is 1.27. The van der Waals surface area contributed by atoms with Crippen LogP contribution in [0.5, 0.6) is 11.5 Å². The van der Waals surface area contributed by atoms with Gasteiger partial charge in [0, 0.05) is 6.04 Å². The van der Waals surface area contributed by atoms with Gasteiger partial charge in [-0.25, -0.2) is 0 Å². The molecule has 116 valence electrons. The number of hydrogen-bond donors (Lipinski definition) is 2. The first-order valence-corrected chi connectivity index (χ1v) is 6.45. The van der Waals surface area contributed by atoms with Crippen LogP contribution in [0, 0.1) is 5.41 Å². The van der Waals surface area contributed by atoms with E-state index in [0.29, 0.717) is 17.9 Å². The number of aliphatic hydroxyl groups is 1. The second kappa shape index (κ2) is 7.72. The van der Waals surface area contributed by atoms with Crippen LogP contribution in [0.1, 0.15) is 38.9 Å². The molecule has 0 aliphatic rings. The minimum absolute atomic E-state index is 0. The number of ether oxygens (including phenoxy) is 2. The number of benzene rings is 1. The molecule has 0 heterocycles. The van der Waals surface area contributed by atoms with Crippen LogP contribution in [-0.2, 0) is 0 Å². The second-order valence-electron chi connectivity index (χ2n) is 5.84. The molecular formula is C15H26ClNO3. The standard InChI is InChI=1S/C15H25NO3.ClH/c1-15(2,3)14(16)9-11(17)10-6-7-12(18-4)13(8-10)19-5;/h6-8,11,14,17H,9,16H2,1-5H3;1H/t11-,14+;/m0./s1. The molecule has 0 bridgehead atoms. The van der Waals surface area contributed by atoms with Crippen LogP contribution in [-0.4, -0.2) is 25.4 Å². The van der Waals surface area contributed by atoms with Crippen molar-refractivity contribution in [2.24, 2.45) is 11.1 Å². The minimum Gasteiger partial charge on any atom is -0.493 e. The van der Waals surface area contributed by atoms with Gasteiger partial charge in [0.05, 0.1) is 20.3 Å². The van der Waals surface area contributed by atoms with E-state index in [2.05, 4.69) is 20.8 Å². The molecule has 3 N–H and O–H groups in total. The van der Waals surface area contributed by atoms with E-state index >= 15 is 0 Å². The smallest absolute Gasteiger partial charge is 0.161 e. The van der Waals surface area contributed by atoms with E-state index in [1.54, 1.807) is 26.4 Å². The van der Waals surface area contributed by atoms with Crippen molar-refractivity contribution in [1.29, 1.82) is 0 Å². The van der Waals surface area contributed by atoms with E-state index in [1.165, 1.54) is 0 Å². The Labute approximate surface area is 127 Å². The van der Waals surface area contributed by atoms with E-state index in [1.807, 2.05) is 6.07 Å². The van der Waals surface area contributed by atoms with Crippen LogP contribution in [0.2, 0.25) is 0 Å². The maximum Gasteiger partial charge on any atom is 0.161 e. The largest absolute Gasteiger partial charge is 0.493 e. The molecule has 20 heavy (non-hydrogen) atoms. The van der Waals surface area contributed by atoms with Crippen molar-refractivity contribution < 1.29 is 14.6 Å². The van der Waals surface area contributed by atoms with Gasteiger partial charge in [0.15, 0.2) is 11.5 Å². The maximum absolute atomic E-state index is 10.3. The highest BCUT2D eigenvalue weighted by atomic mass is 35.5. The van der Waals surface area contributed by atoms with Crippen molar-refractivity contribution in [2.75, 3.05) is 14.2 Å². The fourth-order valence-corrected chi connectivity index (χ4v) is 1.79. The van der Waals surface area contributed by atoms with Crippen LogP contribution in [0.25, 0.3) is 0 Å². The fraction of sp³-hybridized carbons (Fsp3) is 0.600. The average molecular weight is 304 g/mol. The highest BCUT2D eigenvalue weighted by Crippen LogP contribution is 2.32. The molecule has 1 rings (SSSR count). The SMILES string of the molecule is COc1ccc([C@@H](O)C[C@@H](N)C(C)(C)C)cc1OC.Cl. The van der Waals surface area contributed by atoms with Crippen LogP contribution in [0.3, 0.4) is 0 Å². The summed E-state index contributed by atoms with van der Waals surface area (Å²) in [5.41, 5.74) is 6.86. The van der Waals surface area contributed by atoms with Crippen LogP contribution in [0.15, 0.2) is 18.2 Å². The lowest BCUT2D eigenvalue weighted by Crippen LogP contribution is -2.36. The van der Waals surface area contributed by atoms with Gasteiger partial charge in [0.25, 0.3) is 0 Å². The first-order valence-electron chi connectivity index (χ1n) is 6.45. The first-order chi connectivity index (χ1) is 8.79. The molecule has 1 aromatic carbocycles. The number of hydrogen-bond acceptors (Lipinski definition) is 4. The molecule has 0 fully saturated rings. The number of nitrogens with two attached hydrogens (primary N) is 1. The van der Waals surface area contributed by atoms with Gasteiger partial charge in [-0.15, -0.1) is 12.4 Å². The van der Waals surface area contributed by atoms with E-state index in [4.69, 9.17) is 15.2 Å². The molecule has 1 aromatic rings. The highest BCUT2D eigenvalue weighted by molar-refractivity contribution is 5.85. The quantitative estimate of drug-likeness (QED) is 0.878. The molecule has 0 spiro atoms. The molecule has 4 nitrogen and oxygen atoms in total. The average Bonchev–Trinajstić information content (AvgIpc) is 2.36. The molecule has 2 atom stereocenters. The summed E-state index contributed by atoms with van der Waals surface area (Å²) < 4.78 is 10.4.